The molecule has 1 heterocycles. The highest BCUT2D eigenvalue weighted by molar-refractivity contribution is 5.47. The highest BCUT2D eigenvalue weighted by Gasteiger charge is 2.21. The maximum absolute atomic E-state index is 4.12. The molecule has 0 N–H and O–H groups in total. The van der Waals surface area contributed by atoms with Gasteiger partial charge in [0.2, 0.25) is 0 Å². The second kappa shape index (κ2) is 4.40. The Kier molecular flexibility index (Phi) is 2.95. The third-order valence-corrected chi connectivity index (χ3v) is 3.12. The van der Waals surface area contributed by atoms with E-state index in [0.29, 0.717) is 6.04 Å². The van der Waals surface area contributed by atoms with Crippen molar-refractivity contribution < 1.29 is 0 Å². The molecule has 0 spiro atoms. The zero-order valence-corrected chi connectivity index (χ0v) is 9.69. The van der Waals surface area contributed by atoms with E-state index in [1.165, 1.54) is 5.57 Å². The molecule has 0 bridgehead atoms. The maximum atomic E-state index is 4.12. The Bertz CT molecular complexity index is 432. The molecule has 0 aromatic rings. The summed E-state index contributed by atoms with van der Waals surface area (Å²) in [4.78, 5) is 2.21. The Balaban J connectivity index is 2.42. The van der Waals surface area contributed by atoms with E-state index in [-0.39, 0.29) is 0 Å². The van der Waals surface area contributed by atoms with Crippen LogP contribution in [0.5, 0.6) is 0 Å². The molecule has 2 aliphatic rings. The zero-order chi connectivity index (χ0) is 11.5. The molecule has 1 heteroatoms. The van der Waals surface area contributed by atoms with Crippen molar-refractivity contribution >= 4 is 0 Å². The molecule has 0 aromatic heterocycles. The predicted octanol–water partition coefficient (Wildman–Crippen LogP) is 3.37. The lowest BCUT2D eigenvalue weighted by Crippen LogP contribution is -2.32. The van der Waals surface area contributed by atoms with Crippen LogP contribution in [0.15, 0.2) is 72.5 Å². The van der Waals surface area contributed by atoms with Gasteiger partial charge < -0.3 is 4.90 Å². The first kappa shape index (κ1) is 10.7. The van der Waals surface area contributed by atoms with Crippen LogP contribution in [0.25, 0.3) is 0 Å². The Morgan fingerprint density at radius 1 is 1.19 bits per heavy atom. The fraction of sp³-hybridized carbons (Fsp3) is 0.200. The van der Waals surface area contributed by atoms with E-state index in [1.54, 1.807) is 0 Å². The molecule has 0 saturated heterocycles. The van der Waals surface area contributed by atoms with Crippen molar-refractivity contribution in [1.29, 1.82) is 0 Å². The average molecular weight is 211 g/mol. The van der Waals surface area contributed by atoms with Gasteiger partial charge in [-0.1, -0.05) is 49.6 Å². The fourth-order valence-corrected chi connectivity index (χ4v) is 2.06. The summed E-state index contributed by atoms with van der Waals surface area (Å²) in [6.45, 7) is 8.20. The van der Waals surface area contributed by atoms with Crippen LogP contribution in [0.3, 0.4) is 0 Å². The molecule has 0 radical (unpaired) electrons. The number of fused-ring (bicyclic) bond motifs is 1. The lowest BCUT2D eigenvalue weighted by atomic mass is 9.92. The van der Waals surface area contributed by atoms with Crippen molar-refractivity contribution in [1.82, 2.24) is 4.90 Å². The van der Waals surface area contributed by atoms with Crippen LogP contribution in [-0.2, 0) is 0 Å². The third-order valence-electron chi connectivity index (χ3n) is 3.12. The van der Waals surface area contributed by atoms with Crippen LogP contribution in [0.4, 0.5) is 0 Å². The van der Waals surface area contributed by atoms with Gasteiger partial charge in [-0.15, -0.1) is 0 Å². The van der Waals surface area contributed by atoms with Crippen LogP contribution in [-0.4, -0.2) is 18.0 Å². The SMILES string of the molecule is C=C1/C=C\C=C/C(=C)N(C)C2CC=CC=C12. The lowest BCUT2D eigenvalue weighted by Gasteiger charge is -2.33. The zero-order valence-electron chi connectivity index (χ0n) is 9.69. The van der Waals surface area contributed by atoms with Crippen molar-refractivity contribution in [2.75, 3.05) is 7.05 Å². The number of hydrogen-bond donors (Lipinski definition) is 0. The average Bonchev–Trinajstić information content (AvgIpc) is 2.36. The molecule has 1 aliphatic heterocycles. The standard InChI is InChI=1S/C15H17N/c1-12-8-4-5-9-13(2)16(3)15-11-7-6-10-14(12)15/h4-10,15H,1-2,11H2,3H3/b8-4-,9-5-. The van der Waals surface area contributed by atoms with Gasteiger partial charge in [-0.05, 0) is 23.6 Å². The van der Waals surface area contributed by atoms with Gasteiger partial charge in [0.25, 0.3) is 0 Å². The van der Waals surface area contributed by atoms with Crippen molar-refractivity contribution in [3.05, 3.63) is 72.5 Å². The van der Waals surface area contributed by atoms with Gasteiger partial charge in [-0.2, -0.15) is 0 Å². The molecule has 0 saturated carbocycles. The van der Waals surface area contributed by atoms with Crippen molar-refractivity contribution in [3.63, 3.8) is 0 Å². The number of allylic oxidation sites excluding steroid dienone is 6. The van der Waals surface area contributed by atoms with E-state index in [0.717, 1.165) is 17.7 Å². The number of likely N-dealkylation sites (N-methyl/N-ethyl adjacent to an activating group) is 1. The predicted molar refractivity (Wildman–Crippen MR) is 70.0 cm³/mol. The largest absolute Gasteiger partial charge is 0.368 e. The molecule has 2 rings (SSSR count). The number of rotatable bonds is 0. The molecular formula is C15H17N. The van der Waals surface area contributed by atoms with Crippen LogP contribution in [0, 0.1) is 0 Å². The minimum atomic E-state index is 0.359. The van der Waals surface area contributed by atoms with E-state index in [2.05, 4.69) is 49.4 Å². The molecule has 1 nitrogen and oxygen atoms in total. The van der Waals surface area contributed by atoms with Crippen molar-refractivity contribution in [3.8, 4) is 0 Å². The Morgan fingerprint density at radius 3 is 2.75 bits per heavy atom. The van der Waals surface area contributed by atoms with E-state index in [9.17, 15) is 0 Å². The Labute approximate surface area is 97.5 Å². The quantitative estimate of drug-likeness (QED) is 0.594. The van der Waals surface area contributed by atoms with Gasteiger partial charge in [0.05, 0.1) is 6.04 Å². The van der Waals surface area contributed by atoms with Gasteiger partial charge in [-0.25, -0.2) is 0 Å². The highest BCUT2D eigenvalue weighted by atomic mass is 15.1. The van der Waals surface area contributed by atoms with Crippen LogP contribution in [0.2, 0.25) is 0 Å². The molecule has 82 valence electrons. The summed E-state index contributed by atoms with van der Waals surface area (Å²) < 4.78 is 0. The Hall–Kier alpha value is -1.76. The van der Waals surface area contributed by atoms with Crippen LogP contribution < -0.4 is 0 Å². The minimum Gasteiger partial charge on any atom is -0.368 e. The second-order valence-electron chi connectivity index (χ2n) is 4.15. The van der Waals surface area contributed by atoms with E-state index in [4.69, 9.17) is 0 Å². The third kappa shape index (κ3) is 1.94. The lowest BCUT2D eigenvalue weighted by molar-refractivity contribution is 0.353. The van der Waals surface area contributed by atoms with Gasteiger partial charge in [-0.3, -0.25) is 0 Å². The summed E-state index contributed by atoms with van der Waals surface area (Å²) in [6.07, 6.45) is 15.6. The summed E-state index contributed by atoms with van der Waals surface area (Å²) in [7, 11) is 2.09. The smallest absolute Gasteiger partial charge is 0.0579 e. The number of hydrogen-bond acceptors (Lipinski definition) is 1. The second-order valence-corrected chi connectivity index (χ2v) is 4.15. The summed E-state index contributed by atoms with van der Waals surface area (Å²) in [5.41, 5.74) is 3.40. The van der Waals surface area contributed by atoms with Gasteiger partial charge in [0.15, 0.2) is 0 Å². The first-order chi connectivity index (χ1) is 7.70. The normalized spacial score (nSPS) is 28.7. The molecule has 0 aromatic carbocycles. The topological polar surface area (TPSA) is 3.24 Å². The summed E-state index contributed by atoms with van der Waals surface area (Å²) in [5.74, 6) is 0. The van der Waals surface area contributed by atoms with Gasteiger partial charge in [0.1, 0.15) is 0 Å². The van der Waals surface area contributed by atoms with Crippen molar-refractivity contribution in [2.45, 2.75) is 12.5 Å². The Morgan fingerprint density at radius 2 is 1.94 bits per heavy atom. The minimum absolute atomic E-state index is 0.359. The monoisotopic (exact) mass is 211 g/mol. The summed E-state index contributed by atoms with van der Waals surface area (Å²) in [6, 6.07) is 0.359. The maximum Gasteiger partial charge on any atom is 0.0579 e. The van der Waals surface area contributed by atoms with Crippen LogP contribution in [0.1, 0.15) is 6.42 Å². The first-order valence-electron chi connectivity index (χ1n) is 5.52. The van der Waals surface area contributed by atoms with E-state index in [1.807, 2.05) is 18.2 Å². The first-order valence-corrected chi connectivity index (χ1v) is 5.52. The van der Waals surface area contributed by atoms with Crippen molar-refractivity contribution in [2.24, 2.45) is 0 Å². The molecule has 1 aliphatic carbocycles. The summed E-state index contributed by atoms with van der Waals surface area (Å²) in [5, 5.41) is 0. The van der Waals surface area contributed by atoms with Crippen LogP contribution >= 0.6 is 0 Å². The van der Waals surface area contributed by atoms with Gasteiger partial charge in [0, 0.05) is 12.7 Å². The molecule has 1 unspecified atom stereocenters. The molecular weight excluding hydrogens is 194 g/mol. The van der Waals surface area contributed by atoms with E-state index >= 15 is 0 Å². The van der Waals surface area contributed by atoms with E-state index < -0.39 is 0 Å². The number of nitrogens with zero attached hydrogens (tertiary/aromatic N) is 1. The summed E-state index contributed by atoms with van der Waals surface area (Å²) >= 11 is 0. The molecule has 0 fully saturated rings. The highest BCUT2D eigenvalue weighted by Crippen LogP contribution is 2.27. The molecule has 0 amide bonds. The molecule has 1 atom stereocenters. The fourth-order valence-electron chi connectivity index (χ4n) is 2.06. The molecule has 16 heavy (non-hydrogen) atoms. The van der Waals surface area contributed by atoms with Gasteiger partial charge >= 0.3 is 0 Å².